The molecule has 0 aromatic heterocycles. The van der Waals surface area contributed by atoms with Crippen molar-refractivity contribution in [1.29, 1.82) is 0 Å². The van der Waals surface area contributed by atoms with Crippen molar-refractivity contribution in [3.05, 3.63) is 41.9 Å². The summed E-state index contributed by atoms with van der Waals surface area (Å²) in [6.45, 7) is 1.90. The first-order valence-corrected chi connectivity index (χ1v) is 4.02. The Bertz CT molecular complexity index is 296. The third-order valence-corrected chi connectivity index (χ3v) is 2.11. The molecule has 0 aliphatic carbocycles. The Hall–Kier alpha value is -1.15. The molecule has 1 heterocycles. The third-order valence-electron chi connectivity index (χ3n) is 2.11. The van der Waals surface area contributed by atoms with Gasteiger partial charge in [0.25, 0.3) is 0 Å². The van der Waals surface area contributed by atoms with Crippen LogP contribution in [0.3, 0.4) is 0 Å². The second-order valence-corrected chi connectivity index (χ2v) is 2.96. The monoisotopic (exact) mass is 160 g/mol. The summed E-state index contributed by atoms with van der Waals surface area (Å²) in [6, 6.07) is 8.06. The number of carbonyl (C=O) groups excluding carboxylic acids is 1. The zero-order valence-electron chi connectivity index (χ0n) is 6.66. The molecular formula is C10H10NO. The van der Waals surface area contributed by atoms with Gasteiger partial charge in [-0.15, -0.1) is 0 Å². The smallest absolute Gasteiger partial charge is 0.137 e. The number of aldehydes is 1. The van der Waals surface area contributed by atoms with Crippen molar-refractivity contribution < 1.29 is 4.79 Å². The van der Waals surface area contributed by atoms with E-state index in [2.05, 4.69) is 11.4 Å². The Morgan fingerprint density at radius 2 is 2.25 bits per heavy atom. The molecule has 1 aromatic rings. The van der Waals surface area contributed by atoms with Gasteiger partial charge >= 0.3 is 0 Å². The molecule has 1 atom stereocenters. The van der Waals surface area contributed by atoms with Crippen molar-refractivity contribution in [2.24, 2.45) is 0 Å². The van der Waals surface area contributed by atoms with Crippen LogP contribution in [0.4, 0.5) is 0 Å². The molecule has 0 spiro atoms. The van der Waals surface area contributed by atoms with E-state index >= 15 is 0 Å². The maximum Gasteiger partial charge on any atom is 0.137 e. The van der Waals surface area contributed by atoms with E-state index in [4.69, 9.17) is 0 Å². The van der Waals surface area contributed by atoms with Crippen LogP contribution in [0.15, 0.2) is 24.3 Å². The lowest BCUT2D eigenvalue weighted by molar-refractivity contribution is -0.109. The summed E-state index contributed by atoms with van der Waals surface area (Å²) in [5.41, 5.74) is 2.43. The van der Waals surface area contributed by atoms with E-state index in [1.54, 1.807) is 0 Å². The van der Waals surface area contributed by atoms with Gasteiger partial charge in [0.1, 0.15) is 6.29 Å². The molecule has 1 radical (unpaired) electrons. The van der Waals surface area contributed by atoms with Crippen LogP contribution in [0.25, 0.3) is 0 Å². The van der Waals surface area contributed by atoms with Gasteiger partial charge in [0.2, 0.25) is 0 Å². The van der Waals surface area contributed by atoms with Crippen molar-refractivity contribution in [2.75, 3.05) is 0 Å². The number of benzene rings is 1. The van der Waals surface area contributed by atoms with Crippen LogP contribution in [0.2, 0.25) is 0 Å². The van der Waals surface area contributed by atoms with Gasteiger partial charge in [0, 0.05) is 0 Å². The first kappa shape index (κ1) is 7.50. The van der Waals surface area contributed by atoms with Crippen LogP contribution in [0, 0.1) is 6.54 Å². The summed E-state index contributed by atoms with van der Waals surface area (Å²) in [4.78, 5) is 10.5. The van der Waals surface area contributed by atoms with Crippen molar-refractivity contribution in [1.82, 2.24) is 5.32 Å². The van der Waals surface area contributed by atoms with Gasteiger partial charge in [0.05, 0.1) is 12.6 Å². The summed E-state index contributed by atoms with van der Waals surface area (Å²) < 4.78 is 0. The minimum Gasteiger partial charge on any atom is -0.302 e. The number of hydrogen-bond donors (Lipinski definition) is 1. The summed E-state index contributed by atoms with van der Waals surface area (Å²) in [6.07, 6.45) is 1.75. The van der Waals surface area contributed by atoms with E-state index < -0.39 is 0 Å². The molecule has 2 nitrogen and oxygen atoms in total. The standard InChI is InChI=1S/C10H10NO/c12-7-10-5-8-3-1-2-4-9(8)6-11-10/h1-4,6-7,10-11H,5H2. The maximum absolute atomic E-state index is 10.5. The molecule has 1 aliphatic heterocycles. The predicted molar refractivity (Wildman–Crippen MR) is 46.5 cm³/mol. The normalized spacial score (nSPS) is 21.5. The third kappa shape index (κ3) is 1.25. The van der Waals surface area contributed by atoms with Crippen molar-refractivity contribution in [2.45, 2.75) is 12.5 Å². The summed E-state index contributed by atoms with van der Waals surface area (Å²) in [5.74, 6) is 0. The van der Waals surface area contributed by atoms with Crippen molar-refractivity contribution >= 4 is 6.29 Å². The molecule has 1 N–H and O–H groups in total. The summed E-state index contributed by atoms with van der Waals surface area (Å²) in [5, 5.41) is 3.03. The highest BCUT2D eigenvalue weighted by Crippen LogP contribution is 2.16. The molecule has 0 saturated carbocycles. The molecule has 2 rings (SSSR count). The average molecular weight is 160 g/mol. The van der Waals surface area contributed by atoms with Crippen LogP contribution < -0.4 is 5.32 Å². The van der Waals surface area contributed by atoms with E-state index in [1.807, 2.05) is 24.7 Å². The predicted octanol–water partition coefficient (Wildman–Crippen LogP) is 0.910. The highest BCUT2D eigenvalue weighted by atomic mass is 16.1. The lowest BCUT2D eigenvalue weighted by Crippen LogP contribution is -2.35. The van der Waals surface area contributed by atoms with E-state index in [0.717, 1.165) is 12.7 Å². The second kappa shape index (κ2) is 3.07. The van der Waals surface area contributed by atoms with Gasteiger partial charge in [0.15, 0.2) is 0 Å². The Morgan fingerprint density at radius 3 is 3.08 bits per heavy atom. The fourth-order valence-electron chi connectivity index (χ4n) is 1.44. The van der Waals surface area contributed by atoms with Gasteiger partial charge in [-0.05, 0) is 17.5 Å². The van der Waals surface area contributed by atoms with Crippen LogP contribution in [-0.4, -0.2) is 12.3 Å². The van der Waals surface area contributed by atoms with Gasteiger partial charge in [-0.25, -0.2) is 0 Å². The molecule has 0 bridgehead atoms. The number of carbonyl (C=O) groups is 1. The molecule has 12 heavy (non-hydrogen) atoms. The molecule has 1 aromatic carbocycles. The average Bonchev–Trinajstić information content (AvgIpc) is 2.17. The van der Waals surface area contributed by atoms with Gasteiger partial charge in [-0.3, -0.25) is 5.32 Å². The Morgan fingerprint density at radius 1 is 1.42 bits per heavy atom. The zero-order valence-corrected chi connectivity index (χ0v) is 6.66. The summed E-state index contributed by atoms with van der Waals surface area (Å²) in [7, 11) is 0. The zero-order chi connectivity index (χ0) is 8.39. The SMILES string of the molecule is O=CC1Cc2ccccc2[CH]N1. The highest BCUT2D eigenvalue weighted by molar-refractivity contribution is 5.60. The minimum absolute atomic E-state index is 0.0418. The fraction of sp³-hybridized carbons (Fsp3) is 0.200. The molecule has 61 valence electrons. The molecule has 0 saturated heterocycles. The Kier molecular flexibility index (Phi) is 1.92. The Labute approximate surface area is 71.6 Å². The minimum atomic E-state index is -0.0418. The first-order chi connectivity index (χ1) is 5.90. The quantitative estimate of drug-likeness (QED) is 0.619. The van der Waals surface area contributed by atoms with E-state index in [9.17, 15) is 4.79 Å². The Balaban J connectivity index is 2.28. The summed E-state index contributed by atoms with van der Waals surface area (Å²) >= 11 is 0. The molecule has 1 unspecified atom stereocenters. The molecule has 0 amide bonds. The van der Waals surface area contributed by atoms with E-state index in [0.29, 0.717) is 0 Å². The van der Waals surface area contributed by atoms with E-state index in [1.165, 1.54) is 11.1 Å². The van der Waals surface area contributed by atoms with Crippen LogP contribution in [0.5, 0.6) is 0 Å². The molecule has 0 fully saturated rings. The van der Waals surface area contributed by atoms with Crippen molar-refractivity contribution in [3.8, 4) is 0 Å². The van der Waals surface area contributed by atoms with Gasteiger partial charge in [-0.2, -0.15) is 0 Å². The van der Waals surface area contributed by atoms with Gasteiger partial charge < -0.3 is 4.79 Å². The molecule has 2 heteroatoms. The largest absolute Gasteiger partial charge is 0.302 e. The maximum atomic E-state index is 10.5. The lowest BCUT2D eigenvalue weighted by atomic mass is 9.97. The van der Waals surface area contributed by atoms with Crippen LogP contribution in [-0.2, 0) is 11.2 Å². The lowest BCUT2D eigenvalue weighted by Gasteiger charge is -2.21. The fourth-order valence-corrected chi connectivity index (χ4v) is 1.44. The van der Waals surface area contributed by atoms with Gasteiger partial charge in [-0.1, -0.05) is 24.3 Å². The van der Waals surface area contributed by atoms with Crippen LogP contribution >= 0.6 is 0 Å². The second-order valence-electron chi connectivity index (χ2n) is 2.96. The number of hydrogen-bond acceptors (Lipinski definition) is 2. The number of nitrogens with one attached hydrogen (secondary N) is 1. The van der Waals surface area contributed by atoms with Crippen LogP contribution in [0.1, 0.15) is 11.1 Å². The number of rotatable bonds is 1. The topological polar surface area (TPSA) is 29.1 Å². The number of fused-ring (bicyclic) bond motifs is 1. The molecular weight excluding hydrogens is 150 g/mol. The van der Waals surface area contributed by atoms with Crippen molar-refractivity contribution in [3.63, 3.8) is 0 Å². The van der Waals surface area contributed by atoms with E-state index in [-0.39, 0.29) is 6.04 Å². The highest BCUT2D eigenvalue weighted by Gasteiger charge is 2.15. The first-order valence-electron chi connectivity index (χ1n) is 4.02. The molecule has 1 aliphatic rings.